The first-order chi connectivity index (χ1) is 11.1. The summed E-state index contributed by atoms with van der Waals surface area (Å²) < 4.78 is 5.72. The van der Waals surface area contributed by atoms with Crippen molar-refractivity contribution in [1.29, 1.82) is 5.26 Å². The van der Waals surface area contributed by atoms with Gasteiger partial charge >= 0.3 is 0 Å². The van der Waals surface area contributed by atoms with Crippen molar-refractivity contribution in [2.45, 2.75) is 38.9 Å². The van der Waals surface area contributed by atoms with E-state index in [-0.39, 0.29) is 5.91 Å². The maximum Gasteiger partial charge on any atom is 0.269 e. The van der Waals surface area contributed by atoms with Gasteiger partial charge in [-0.2, -0.15) is 5.26 Å². The van der Waals surface area contributed by atoms with Crippen molar-refractivity contribution in [1.82, 2.24) is 15.2 Å². The predicted octanol–water partition coefficient (Wildman–Crippen LogP) is 1.57. The minimum absolute atomic E-state index is 0.192. The summed E-state index contributed by atoms with van der Waals surface area (Å²) in [6.07, 6.45) is 3.97. The molecule has 1 amide bonds. The van der Waals surface area contributed by atoms with Gasteiger partial charge in [0.05, 0.1) is 17.8 Å². The molecule has 0 radical (unpaired) electrons. The largest absolute Gasteiger partial charge is 0.373 e. The van der Waals surface area contributed by atoms with Crippen LogP contribution >= 0.6 is 0 Å². The molecule has 1 saturated heterocycles. The van der Waals surface area contributed by atoms with E-state index >= 15 is 0 Å². The first-order valence-electron chi connectivity index (χ1n) is 8.10. The van der Waals surface area contributed by atoms with Gasteiger partial charge in [-0.25, -0.2) is 4.98 Å². The number of nitriles is 1. The fourth-order valence-electron chi connectivity index (χ4n) is 2.81. The second-order valence-electron chi connectivity index (χ2n) is 6.02. The minimum atomic E-state index is -0.192. The van der Waals surface area contributed by atoms with E-state index in [2.05, 4.69) is 29.0 Å². The quantitative estimate of drug-likeness (QED) is 0.806. The maximum absolute atomic E-state index is 11.9. The van der Waals surface area contributed by atoms with Crippen LogP contribution in [0.1, 0.15) is 42.7 Å². The highest BCUT2D eigenvalue weighted by molar-refractivity contribution is 5.92. The molecule has 1 aromatic rings. The van der Waals surface area contributed by atoms with E-state index in [0.717, 1.165) is 32.5 Å². The molecule has 0 aromatic carbocycles. The molecular weight excluding hydrogens is 292 g/mol. The average molecular weight is 316 g/mol. The predicted molar refractivity (Wildman–Crippen MR) is 87.0 cm³/mol. The number of carbonyl (C=O) groups excluding carboxylic acids is 1. The number of hydrogen-bond acceptors (Lipinski definition) is 5. The van der Waals surface area contributed by atoms with Gasteiger partial charge in [0.1, 0.15) is 11.8 Å². The second-order valence-corrected chi connectivity index (χ2v) is 6.02. The highest BCUT2D eigenvalue weighted by Crippen LogP contribution is 2.11. The summed E-state index contributed by atoms with van der Waals surface area (Å²) in [5, 5.41) is 11.6. The topological polar surface area (TPSA) is 78.3 Å². The monoisotopic (exact) mass is 316 g/mol. The molecule has 1 aromatic heterocycles. The zero-order chi connectivity index (χ0) is 16.7. The molecule has 0 saturated carbocycles. The zero-order valence-corrected chi connectivity index (χ0v) is 13.8. The van der Waals surface area contributed by atoms with Crippen LogP contribution in [0, 0.1) is 11.3 Å². The van der Waals surface area contributed by atoms with Crippen molar-refractivity contribution in [3.8, 4) is 6.07 Å². The van der Waals surface area contributed by atoms with Crippen LogP contribution in [0.15, 0.2) is 18.3 Å². The van der Waals surface area contributed by atoms with Crippen LogP contribution in [-0.4, -0.2) is 54.2 Å². The van der Waals surface area contributed by atoms with Crippen molar-refractivity contribution in [3.05, 3.63) is 29.6 Å². The van der Waals surface area contributed by atoms with Crippen LogP contribution in [0.4, 0.5) is 0 Å². The van der Waals surface area contributed by atoms with Crippen molar-refractivity contribution < 1.29 is 9.53 Å². The number of carbonyl (C=O) groups is 1. The fourth-order valence-corrected chi connectivity index (χ4v) is 2.81. The zero-order valence-electron chi connectivity index (χ0n) is 13.8. The molecule has 1 aliphatic rings. The molecule has 124 valence electrons. The Morgan fingerprint density at radius 1 is 1.39 bits per heavy atom. The molecule has 0 aliphatic carbocycles. The fraction of sp³-hybridized carbons (Fsp3) is 0.588. The normalized spacial score (nSPS) is 21.6. The second kappa shape index (κ2) is 8.61. The lowest BCUT2D eigenvalue weighted by atomic mass is 10.2. The molecule has 2 atom stereocenters. The Hall–Kier alpha value is -1.97. The summed E-state index contributed by atoms with van der Waals surface area (Å²) in [5.74, 6) is -0.192. The number of hydrogen-bond donors (Lipinski definition) is 1. The van der Waals surface area contributed by atoms with E-state index in [1.807, 2.05) is 6.07 Å². The summed E-state index contributed by atoms with van der Waals surface area (Å²) in [7, 11) is 0. The lowest BCUT2D eigenvalue weighted by Gasteiger charge is -2.35. The van der Waals surface area contributed by atoms with E-state index in [4.69, 9.17) is 10.00 Å². The highest BCUT2D eigenvalue weighted by Gasteiger charge is 2.21. The number of nitrogens with zero attached hydrogens (tertiary/aromatic N) is 3. The Labute approximate surface area is 137 Å². The Balaban J connectivity index is 1.63. The Bertz CT molecular complexity index is 543. The molecular formula is C17H24N4O2. The van der Waals surface area contributed by atoms with Gasteiger partial charge in [-0.15, -0.1) is 0 Å². The first kappa shape index (κ1) is 17.4. The molecule has 6 nitrogen and oxygen atoms in total. The van der Waals surface area contributed by atoms with Crippen LogP contribution in [0.5, 0.6) is 0 Å². The Morgan fingerprint density at radius 3 is 2.74 bits per heavy atom. The lowest BCUT2D eigenvalue weighted by molar-refractivity contribution is -0.0681. The van der Waals surface area contributed by atoms with E-state index in [0.29, 0.717) is 30.0 Å². The number of pyridine rings is 1. The first-order valence-corrected chi connectivity index (χ1v) is 8.10. The molecule has 2 rings (SSSR count). The standard InChI is InChI=1S/C17H24N4O2/c1-13-11-21(12-14(2)23-13)8-4-3-7-19-17(22)16-6-5-15(9-18)10-20-16/h5-6,10,13-14H,3-4,7-8,11-12H2,1-2H3,(H,19,22). The molecule has 2 heterocycles. The van der Waals surface area contributed by atoms with E-state index < -0.39 is 0 Å². The number of morpholine rings is 1. The summed E-state index contributed by atoms with van der Waals surface area (Å²) in [6, 6.07) is 5.16. The number of amides is 1. The third-order valence-corrected chi connectivity index (χ3v) is 3.81. The van der Waals surface area contributed by atoms with Gasteiger partial charge in [0, 0.05) is 25.8 Å². The van der Waals surface area contributed by atoms with Crippen molar-refractivity contribution in [2.75, 3.05) is 26.2 Å². The number of nitrogens with one attached hydrogen (secondary N) is 1. The van der Waals surface area contributed by atoms with Crippen LogP contribution in [0.25, 0.3) is 0 Å². The van der Waals surface area contributed by atoms with Gasteiger partial charge in [-0.1, -0.05) is 0 Å². The highest BCUT2D eigenvalue weighted by atomic mass is 16.5. The van der Waals surface area contributed by atoms with Gasteiger partial charge in [-0.3, -0.25) is 9.69 Å². The molecule has 1 aliphatic heterocycles. The van der Waals surface area contributed by atoms with Gasteiger partial charge in [0.25, 0.3) is 5.91 Å². The van der Waals surface area contributed by atoms with Crippen LogP contribution in [0.2, 0.25) is 0 Å². The number of unbranched alkanes of at least 4 members (excludes halogenated alkanes) is 1. The van der Waals surface area contributed by atoms with Gasteiger partial charge in [0.15, 0.2) is 0 Å². The van der Waals surface area contributed by atoms with Crippen LogP contribution in [0.3, 0.4) is 0 Å². The molecule has 23 heavy (non-hydrogen) atoms. The number of ether oxygens (including phenoxy) is 1. The van der Waals surface area contributed by atoms with Crippen molar-refractivity contribution >= 4 is 5.91 Å². The van der Waals surface area contributed by atoms with Gasteiger partial charge < -0.3 is 10.1 Å². The maximum atomic E-state index is 11.9. The molecule has 2 unspecified atom stereocenters. The van der Waals surface area contributed by atoms with E-state index in [9.17, 15) is 4.79 Å². The third kappa shape index (κ3) is 5.62. The molecule has 6 heteroatoms. The van der Waals surface area contributed by atoms with Crippen LogP contribution in [-0.2, 0) is 4.74 Å². The summed E-state index contributed by atoms with van der Waals surface area (Å²) in [4.78, 5) is 18.3. The SMILES string of the molecule is CC1CN(CCCCNC(=O)c2ccc(C#N)cn2)CC(C)O1. The minimum Gasteiger partial charge on any atom is -0.373 e. The Morgan fingerprint density at radius 2 is 2.13 bits per heavy atom. The molecule has 1 N–H and O–H groups in total. The Kier molecular flexibility index (Phi) is 6.51. The van der Waals surface area contributed by atoms with Crippen LogP contribution < -0.4 is 5.32 Å². The average Bonchev–Trinajstić information content (AvgIpc) is 2.53. The smallest absolute Gasteiger partial charge is 0.269 e. The van der Waals surface area contributed by atoms with Crippen molar-refractivity contribution in [2.24, 2.45) is 0 Å². The van der Waals surface area contributed by atoms with E-state index in [1.54, 1.807) is 12.1 Å². The van der Waals surface area contributed by atoms with Gasteiger partial charge in [-0.05, 0) is 45.4 Å². The number of aromatic nitrogens is 1. The van der Waals surface area contributed by atoms with Crippen molar-refractivity contribution in [3.63, 3.8) is 0 Å². The van der Waals surface area contributed by atoms with E-state index in [1.165, 1.54) is 6.20 Å². The summed E-state index contributed by atoms with van der Waals surface area (Å²) >= 11 is 0. The molecule has 1 fully saturated rings. The lowest BCUT2D eigenvalue weighted by Crippen LogP contribution is -2.45. The summed E-state index contributed by atoms with van der Waals surface area (Å²) in [5.41, 5.74) is 0.801. The molecule has 0 spiro atoms. The number of rotatable bonds is 6. The summed E-state index contributed by atoms with van der Waals surface area (Å²) in [6.45, 7) is 7.83. The van der Waals surface area contributed by atoms with Gasteiger partial charge in [0.2, 0.25) is 0 Å². The molecule has 0 bridgehead atoms. The third-order valence-electron chi connectivity index (χ3n) is 3.81.